The molecule has 2 aromatic heterocycles. The van der Waals surface area contributed by atoms with E-state index in [4.69, 9.17) is 14.1 Å². The maximum atomic E-state index is 12.0. The fourth-order valence-electron chi connectivity index (χ4n) is 2.94. The highest BCUT2D eigenvalue weighted by Gasteiger charge is 2.14. The number of hydrogen-bond acceptors (Lipinski definition) is 5. The van der Waals surface area contributed by atoms with E-state index in [0.717, 1.165) is 27.8 Å². The molecule has 0 unspecified atom stereocenters. The lowest BCUT2D eigenvalue weighted by Gasteiger charge is -2.21. The van der Waals surface area contributed by atoms with Gasteiger partial charge in [-0.25, -0.2) is 4.79 Å². The highest BCUT2D eigenvalue weighted by molar-refractivity contribution is 5.83. The van der Waals surface area contributed by atoms with Crippen LogP contribution < -0.4 is 5.63 Å². The predicted molar refractivity (Wildman–Crippen MR) is 95.0 cm³/mol. The summed E-state index contributed by atoms with van der Waals surface area (Å²) in [5, 5.41) is 9.86. The van der Waals surface area contributed by atoms with Gasteiger partial charge in [-0.15, -0.1) is 0 Å². The summed E-state index contributed by atoms with van der Waals surface area (Å²) >= 11 is 0. The van der Waals surface area contributed by atoms with Gasteiger partial charge in [-0.1, -0.05) is 12.1 Å². The van der Waals surface area contributed by atoms with Crippen LogP contribution in [0.1, 0.15) is 28.9 Å². The zero-order chi connectivity index (χ0) is 17.8. The van der Waals surface area contributed by atoms with E-state index in [9.17, 15) is 4.79 Å². The lowest BCUT2D eigenvalue weighted by atomic mass is 10.0. The summed E-state index contributed by atoms with van der Waals surface area (Å²) in [7, 11) is 0. The number of rotatable bonds is 6. The number of aryl methyl sites for hydroxylation is 2. The second-order valence-electron chi connectivity index (χ2n) is 6.17. The summed E-state index contributed by atoms with van der Waals surface area (Å²) in [6, 6.07) is 11.5. The minimum atomic E-state index is -0.352. The van der Waals surface area contributed by atoms with Gasteiger partial charge in [-0.3, -0.25) is 4.90 Å². The Kier molecular flexibility index (Phi) is 5.01. The molecule has 0 atom stereocenters. The van der Waals surface area contributed by atoms with Crippen molar-refractivity contribution in [2.75, 3.05) is 6.54 Å². The molecule has 0 amide bonds. The van der Waals surface area contributed by atoms with E-state index in [0.29, 0.717) is 31.6 Å². The van der Waals surface area contributed by atoms with Gasteiger partial charge in [0.05, 0.1) is 18.9 Å². The molecule has 2 heterocycles. The molecule has 0 spiro atoms. The zero-order valence-electron chi connectivity index (χ0n) is 14.4. The van der Waals surface area contributed by atoms with E-state index in [2.05, 4.69) is 11.0 Å². The lowest BCUT2D eigenvalue weighted by Crippen LogP contribution is -2.24. The van der Waals surface area contributed by atoms with Crippen LogP contribution in [0, 0.1) is 25.2 Å². The molecule has 0 aliphatic rings. The molecule has 3 rings (SSSR count). The molecule has 0 aliphatic heterocycles. The van der Waals surface area contributed by atoms with Gasteiger partial charge in [0.25, 0.3) is 0 Å². The summed E-state index contributed by atoms with van der Waals surface area (Å²) in [4.78, 5) is 14.1. The molecule has 0 radical (unpaired) electrons. The van der Waals surface area contributed by atoms with Gasteiger partial charge < -0.3 is 8.83 Å². The van der Waals surface area contributed by atoms with Crippen LogP contribution in [-0.2, 0) is 13.1 Å². The van der Waals surface area contributed by atoms with E-state index in [1.54, 1.807) is 12.3 Å². The molecule has 0 N–H and O–H groups in total. The number of furan rings is 1. The fraction of sp³-hybridized carbons (Fsp3) is 0.300. The molecule has 25 heavy (non-hydrogen) atoms. The second-order valence-corrected chi connectivity index (χ2v) is 6.17. The molecule has 0 aliphatic carbocycles. The van der Waals surface area contributed by atoms with Crippen molar-refractivity contribution in [3.63, 3.8) is 0 Å². The first-order valence-electron chi connectivity index (χ1n) is 8.23. The molecule has 1 aromatic carbocycles. The van der Waals surface area contributed by atoms with E-state index < -0.39 is 0 Å². The molecule has 0 fully saturated rings. The van der Waals surface area contributed by atoms with Crippen molar-refractivity contribution in [1.29, 1.82) is 5.26 Å². The Morgan fingerprint density at radius 3 is 2.76 bits per heavy atom. The number of nitriles is 1. The summed E-state index contributed by atoms with van der Waals surface area (Å²) in [5.41, 5.74) is 3.25. The van der Waals surface area contributed by atoms with Crippen LogP contribution in [0.4, 0.5) is 0 Å². The van der Waals surface area contributed by atoms with E-state index >= 15 is 0 Å². The van der Waals surface area contributed by atoms with Gasteiger partial charge in [0.15, 0.2) is 0 Å². The van der Waals surface area contributed by atoms with Gasteiger partial charge >= 0.3 is 5.63 Å². The Balaban J connectivity index is 1.97. The highest BCUT2D eigenvalue weighted by atomic mass is 16.4. The van der Waals surface area contributed by atoms with Crippen LogP contribution in [0.2, 0.25) is 0 Å². The average molecular weight is 336 g/mol. The Morgan fingerprint density at radius 2 is 2.04 bits per heavy atom. The smallest absolute Gasteiger partial charge is 0.336 e. The van der Waals surface area contributed by atoms with Crippen LogP contribution in [0.15, 0.2) is 50.2 Å². The minimum absolute atomic E-state index is 0.352. The van der Waals surface area contributed by atoms with Gasteiger partial charge in [-0.2, -0.15) is 5.26 Å². The van der Waals surface area contributed by atoms with Crippen molar-refractivity contribution in [1.82, 2.24) is 4.90 Å². The molecule has 3 aromatic rings. The third kappa shape index (κ3) is 3.81. The van der Waals surface area contributed by atoms with Crippen molar-refractivity contribution in [2.45, 2.75) is 33.4 Å². The topological polar surface area (TPSA) is 70.4 Å². The van der Waals surface area contributed by atoms with Crippen LogP contribution in [0.3, 0.4) is 0 Å². The Hall–Kier alpha value is -2.84. The lowest BCUT2D eigenvalue weighted by molar-refractivity contribution is 0.241. The number of fused-ring (bicyclic) bond motifs is 1. The van der Waals surface area contributed by atoms with Crippen molar-refractivity contribution in [3.05, 3.63) is 69.5 Å². The zero-order valence-corrected chi connectivity index (χ0v) is 14.4. The first-order chi connectivity index (χ1) is 12.1. The molecule has 0 bridgehead atoms. The van der Waals surface area contributed by atoms with Crippen molar-refractivity contribution >= 4 is 11.0 Å². The molecule has 128 valence electrons. The Labute approximate surface area is 146 Å². The van der Waals surface area contributed by atoms with E-state index in [-0.39, 0.29) is 5.63 Å². The van der Waals surface area contributed by atoms with Crippen molar-refractivity contribution < 1.29 is 8.83 Å². The first kappa shape index (κ1) is 17.0. The molecular weight excluding hydrogens is 316 g/mol. The van der Waals surface area contributed by atoms with E-state index in [1.807, 2.05) is 38.1 Å². The van der Waals surface area contributed by atoms with Crippen molar-refractivity contribution in [3.8, 4) is 6.07 Å². The van der Waals surface area contributed by atoms with Gasteiger partial charge in [0.2, 0.25) is 0 Å². The molecule has 0 saturated heterocycles. The second kappa shape index (κ2) is 7.37. The summed E-state index contributed by atoms with van der Waals surface area (Å²) in [5.74, 6) is 0.831. The summed E-state index contributed by atoms with van der Waals surface area (Å²) < 4.78 is 10.9. The fourth-order valence-corrected chi connectivity index (χ4v) is 2.94. The standard InChI is InChI=1S/C20H20N2O3/c1-14-6-7-18-16(11-19(23)25-20(18)15(14)2)12-22(9-4-8-21)13-17-5-3-10-24-17/h3,5-7,10-11H,4,9,12-13H2,1-2H3. The summed E-state index contributed by atoms with van der Waals surface area (Å²) in [6.07, 6.45) is 2.05. The molecular formula is C20H20N2O3. The quantitative estimate of drug-likeness (QED) is 0.638. The average Bonchev–Trinajstić information content (AvgIpc) is 3.09. The maximum absolute atomic E-state index is 12.0. The van der Waals surface area contributed by atoms with Crippen molar-refractivity contribution in [2.24, 2.45) is 0 Å². The first-order valence-corrected chi connectivity index (χ1v) is 8.23. The Bertz CT molecular complexity index is 965. The third-order valence-electron chi connectivity index (χ3n) is 4.41. The van der Waals surface area contributed by atoms with Crippen LogP contribution in [0.25, 0.3) is 11.0 Å². The van der Waals surface area contributed by atoms with Gasteiger partial charge in [0, 0.05) is 31.0 Å². The van der Waals surface area contributed by atoms with Gasteiger partial charge in [0.1, 0.15) is 11.3 Å². The predicted octanol–water partition coefficient (Wildman–Crippen LogP) is 3.92. The van der Waals surface area contributed by atoms with E-state index in [1.165, 1.54) is 0 Å². The number of nitrogens with zero attached hydrogens (tertiary/aromatic N) is 2. The van der Waals surface area contributed by atoms with Crippen LogP contribution in [0.5, 0.6) is 0 Å². The van der Waals surface area contributed by atoms with Crippen LogP contribution in [-0.4, -0.2) is 11.4 Å². The monoisotopic (exact) mass is 336 g/mol. The normalized spacial score (nSPS) is 11.1. The number of hydrogen-bond donors (Lipinski definition) is 0. The largest absolute Gasteiger partial charge is 0.468 e. The molecule has 0 saturated carbocycles. The summed E-state index contributed by atoms with van der Waals surface area (Å²) in [6.45, 7) is 5.69. The SMILES string of the molecule is Cc1ccc2c(CN(CCC#N)Cc3ccco3)cc(=O)oc2c1C. The van der Waals surface area contributed by atoms with Gasteiger partial charge in [-0.05, 0) is 42.7 Å². The molecule has 5 nitrogen and oxygen atoms in total. The number of benzene rings is 1. The third-order valence-corrected chi connectivity index (χ3v) is 4.41. The Morgan fingerprint density at radius 1 is 1.20 bits per heavy atom. The minimum Gasteiger partial charge on any atom is -0.468 e. The highest BCUT2D eigenvalue weighted by Crippen LogP contribution is 2.24. The van der Waals surface area contributed by atoms with Crippen LogP contribution >= 0.6 is 0 Å². The molecule has 5 heteroatoms. The maximum Gasteiger partial charge on any atom is 0.336 e.